The second-order valence-corrected chi connectivity index (χ2v) is 8.12. The molecule has 1 atom stereocenters. The van der Waals surface area contributed by atoms with Gasteiger partial charge in [-0.05, 0) is 43.0 Å². The van der Waals surface area contributed by atoms with Crippen molar-refractivity contribution in [1.82, 2.24) is 10.2 Å². The van der Waals surface area contributed by atoms with Crippen LogP contribution in [0.5, 0.6) is 11.5 Å². The summed E-state index contributed by atoms with van der Waals surface area (Å²) in [6.07, 6.45) is 0.666. The highest BCUT2D eigenvalue weighted by molar-refractivity contribution is 5.87. The molecule has 0 fully saturated rings. The van der Waals surface area contributed by atoms with Gasteiger partial charge in [-0.25, -0.2) is 4.39 Å². The number of nitrogens with zero attached hydrogens (tertiary/aromatic N) is 1. The van der Waals surface area contributed by atoms with Crippen LogP contribution in [0.4, 0.5) is 4.39 Å². The smallest absolute Gasteiger partial charge is 0.242 e. The van der Waals surface area contributed by atoms with E-state index in [1.807, 2.05) is 32.0 Å². The fraction of sp³-hybridized carbons (Fsp3) is 0.417. The van der Waals surface area contributed by atoms with E-state index in [0.29, 0.717) is 30.0 Å². The lowest BCUT2D eigenvalue weighted by atomic mass is 10.1. The second kappa shape index (κ2) is 10.3. The van der Waals surface area contributed by atoms with E-state index in [0.717, 1.165) is 5.56 Å². The molecule has 2 aromatic carbocycles. The van der Waals surface area contributed by atoms with E-state index in [-0.39, 0.29) is 37.5 Å². The Balaban J connectivity index is 1.71. The number of halogens is 1. The molecule has 3 rings (SSSR count). The number of hydrogen-bond donors (Lipinski definition) is 1. The molecule has 6 nitrogen and oxygen atoms in total. The van der Waals surface area contributed by atoms with Crippen LogP contribution in [-0.4, -0.2) is 36.1 Å². The van der Waals surface area contributed by atoms with Gasteiger partial charge in [-0.2, -0.15) is 0 Å². The summed E-state index contributed by atoms with van der Waals surface area (Å²) < 4.78 is 24.9. The van der Waals surface area contributed by atoms with Gasteiger partial charge in [-0.1, -0.05) is 38.1 Å². The third kappa shape index (κ3) is 5.96. The quantitative estimate of drug-likeness (QED) is 0.662. The van der Waals surface area contributed by atoms with Crippen LogP contribution in [0.1, 0.15) is 38.3 Å². The molecule has 1 aliphatic heterocycles. The average molecular weight is 429 g/mol. The number of aryl methyl sites for hydroxylation is 1. The number of benzene rings is 2. The highest BCUT2D eigenvalue weighted by atomic mass is 19.1. The van der Waals surface area contributed by atoms with Gasteiger partial charge in [0.25, 0.3) is 0 Å². The molecule has 7 heteroatoms. The summed E-state index contributed by atoms with van der Waals surface area (Å²) in [5.41, 5.74) is 1.31. The first-order chi connectivity index (χ1) is 14.8. The van der Waals surface area contributed by atoms with E-state index in [9.17, 15) is 14.0 Å². The third-order valence-corrected chi connectivity index (χ3v) is 5.21. The summed E-state index contributed by atoms with van der Waals surface area (Å²) in [5, 5.41) is 2.86. The number of hydrogen-bond acceptors (Lipinski definition) is 4. The monoisotopic (exact) mass is 428 g/mol. The van der Waals surface area contributed by atoms with Gasteiger partial charge in [0.15, 0.2) is 11.5 Å². The van der Waals surface area contributed by atoms with Crippen LogP contribution in [0.25, 0.3) is 0 Å². The van der Waals surface area contributed by atoms with E-state index in [1.165, 1.54) is 11.0 Å². The molecular formula is C24H29FN2O4. The van der Waals surface area contributed by atoms with E-state index in [1.54, 1.807) is 25.1 Å². The van der Waals surface area contributed by atoms with Gasteiger partial charge in [0.2, 0.25) is 18.6 Å². The minimum absolute atomic E-state index is 0.0307. The maximum absolute atomic E-state index is 14.2. The summed E-state index contributed by atoms with van der Waals surface area (Å²) in [5.74, 6) is 0.777. The fourth-order valence-electron chi connectivity index (χ4n) is 3.34. The van der Waals surface area contributed by atoms with Crippen molar-refractivity contribution in [2.24, 2.45) is 5.92 Å². The fourth-order valence-corrected chi connectivity index (χ4v) is 3.34. The molecule has 0 saturated heterocycles. The second-order valence-electron chi connectivity index (χ2n) is 8.12. The first-order valence-electron chi connectivity index (χ1n) is 10.5. The Hall–Kier alpha value is -3.09. The average Bonchev–Trinajstić information content (AvgIpc) is 3.22. The van der Waals surface area contributed by atoms with Crippen molar-refractivity contribution in [2.45, 2.75) is 46.2 Å². The Morgan fingerprint density at radius 2 is 1.84 bits per heavy atom. The molecular weight excluding hydrogens is 399 g/mol. The minimum atomic E-state index is -0.720. The van der Waals surface area contributed by atoms with Crippen molar-refractivity contribution in [2.75, 3.05) is 13.3 Å². The molecule has 1 aliphatic rings. The lowest BCUT2D eigenvalue weighted by Crippen LogP contribution is -2.48. The van der Waals surface area contributed by atoms with Gasteiger partial charge < -0.3 is 19.7 Å². The maximum Gasteiger partial charge on any atom is 0.242 e. The van der Waals surface area contributed by atoms with Gasteiger partial charge >= 0.3 is 0 Å². The van der Waals surface area contributed by atoms with Gasteiger partial charge in [0.1, 0.15) is 11.9 Å². The van der Waals surface area contributed by atoms with Crippen LogP contribution in [0.3, 0.4) is 0 Å². The Bertz CT molecular complexity index is 932. The van der Waals surface area contributed by atoms with E-state index < -0.39 is 11.9 Å². The van der Waals surface area contributed by atoms with E-state index >= 15 is 0 Å². The zero-order valence-electron chi connectivity index (χ0n) is 18.2. The van der Waals surface area contributed by atoms with Crippen LogP contribution >= 0.6 is 0 Å². The number of fused-ring (bicyclic) bond motifs is 1. The van der Waals surface area contributed by atoms with Gasteiger partial charge in [-0.15, -0.1) is 0 Å². The van der Waals surface area contributed by atoms with Gasteiger partial charge in [-0.3, -0.25) is 9.59 Å². The molecule has 0 aliphatic carbocycles. The summed E-state index contributed by atoms with van der Waals surface area (Å²) in [6, 6.07) is 11.2. The zero-order chi connectivity index (χ0) is 22.4. The molecule has 1 N–H and O–H groups in total. The first kappa shape index (κ1) is 22.6. The summed E-state index contributed by atoms with van der Waals surface area (Å²) in [6.45, 7) is 6.41. The van der Waals surface area contributed by atoms with Crippen molar-refractivity contribution in [1.29, 1.82) is 0 Å². The zero-order valence-corrected chi connectivity index (χ0v) is 18.2. The number of carbonyl (C=O) groups is 2. The van der Waals surface area contributed by atoms with Crippen LogP contribution in [0, 0.1) is 11.7 Å². The van der Waals surface area contributed by atoms with Gasteiger partial charge in [0, 0.05) is 25.1 Å². The Morgan fingerprint density at radius 1 is 1.10 bits per heavy atom. The van der Waals surface area contributed by atoms with E-state index in [2.05, 4.69) is 5.32 Å². The summed E-state index contributed by atoms with van der Waals surface area (Å²) >= 11 is 0. The lowest BCUT2D eigenvalue weighted by Gasteiger charge is -2.29. The standard InChI is InChI=1S/C24H29FN2O4/c1-16(2)13-26-24(29)17(3)27(14-19-6-4-5-7-20(19)25)23(28)11-9-18-8-10-21-22(12-18)31-15-30-21/h4-8,10,12,16-17H,9,11,13-15H2,1-3H3,(H,26,29)/t17-/m0/s1. The summed E-state index contributed by atoms with van der Waals surface area (Å²) in [7, 11) is 0. The van der Waals surface area contributed by atoms with Crippen LogP contribution in [0.2, 0.25) is 0 Å². The normalized spacial score (nSPS) is 13.2. The number of carbonyl (C=O) groups excluding carboxylic acids is 2. The van der Waals surface area contributed by atoms with Gasteiger partial charge in [0.05, 0.1) is 0 Å². The molecule has 31 heavy (non-hydrogen) atoms. The van der Waals surface area contributed by atoms with Crippen molar-refractivity contribution in [3.63, 3.8) is 0 Å². The number of ether oxygens (including phenoxy) is 2. The third-order valence-electron chi connectivity index (χ3n) is 5.21. The lowest BCUT2D eigenvalue weighted by molar-refractivity contribution is -0.140. The highest BCUT2D eigenvalue weighted by Crippen LogP contribution is 2.32. The predicted octanol–water partition coefficient (Wildman–Crippen LogP) is 3.68. The highest BCUT2D eigenvalue weighted by Gasteiger charge is 2.27. The van der Waals surface area contributed by atoms with Crippen molar-refractivity contribution in [3.05, 3.63) is 59.4 Å². The SMILES string of the molecule is CC(C)CNC(=O)[C@H](C)N(Cc1ccccc1F)C(=O)CCc1ccc2c(c1)OCO2. The number of rotatable bonds is 9. The molecule has 2 amide bonds. The minimum Gasteiger partial charge on any atom is -0.454 e. The van der Waals surface area contributed by atoms with Crippen LogP contribution < -0.4 is 14.8 Å². The topological polar surface area (TPSA) is 67.9 Å². The first-order valence-corrected chi connectivity index (χ1v) is 10.5. The van der Waals surface area contributed by atoms with Crippen LogP contribution in [0.15, 0.2) is 42.5 Å². The number of amides is 2. The molecule has 166 valence electrons. The molecule has 0 bridgehead atoms. The van der Waals surface area contributed by atoms with Crippen LogP contribution in [-0.2, 0) is 22.6 Å². The Morgan fingerprint density at radius 3 is 2.58 bits per heavy atom. The van der Waals surface area contributed by atoms with Crippen molar-refractivity contribution >= 4 is 11.8 Å². The predicted molar refractivity (Wildman–Crippen MR) is 115 cm³/mol. The Labute approximate surface area is 182 Å². The molecule has 0 unspecified atom stereocenters. The molecule has 1 heterocycles. The molecule has 0 radical (unpaired) electrons. The van der Waals surface area contributed by atoms with E-state index in [4.69, 9.17) is 9.47 Å². The summed E-state index contributed by atoms with van der Waals surface area (Å²) in [4.78, 5) is 27.2. The largest absolute Gasteiger partial charge is 0.454 e. The molecule has 2 aromatic rings. The Kier molecular flexibility index (Phi) is 7.50. The maximum atomic E-state index is 14.2. The van der Waals surface area contributed by atoms with Crippen molar-refractivity contribution < 1.29 is 23.5 Å². The van der Waals surface area contributed by atoms with Crippen molar-refractivity contribution in [3.8, 4) is 11.5 Å². The number of nitrogens with one attached hydrogen (secondary N) is 1. The molecule has 0 aromatic heterocycles. The molecule has 0 spiro atoms. The molecule has 0 saturated carbocycles.